The van der Waals surface area contributed by atoms with E-state index >= 15 is 0 Å². The first-order valence-corrected chi connectivity index (χ1v) is 13.5. The molecule has 0 unspecified atom stereocenters. The second kappa shape index (κ2) is 17.4. The lowest BCUT2D eigenvalue weighted by Crippen LogP contribution is -2.39. The fourth-order valence-corrected chi connectivity index (χ4v) is 3.65. The number of carbonyl (C=O) groups excluding carboxylic acids is 2. The third-order valence-corrected chi connectivity index (χ3v) is 6.53. The van der Waals surface area contributed by atoms with Crippen molar-refractivity contribution >= 4 is 46.0 Å². The van der Waals surface area contributed by atoms with E-state index < -0.39 is 0 Å². The minimum Gasteiger partial charge on any atom is -0.378 e. The summed E-state index contributed by atoms with van der Waals surface area (Å²) in [6, 6.07) is 0. The molecule has 8 nitrogen and oxygen atoms in total. The first-order valence-electron chi connectivity index (χ1n) is 12.6. The van der Waals surface area contributed by atoms with Gasteiger partial charge in [0.15, 0.2) is 0 Å². The highest BCUT2D eigenvalue weighted by Crippen LogP contribution is 2.23. The molecular formula is C25H48N4O4S2. The number of nitrogens with zero attached hydrogens (tertiary/aromatic N) is 2. The Kier molecular flexibility index (Phi) is 16.9. The van der Waals surface area contributed by atoms with Crippen LogP contribution >= 0.6 is 24.4 Å². The molecule has 0 saturated carbocycles. The molecule has 0 radical (unpaired) electrons. The van der Waals surface area contributed by atoms with Crippen molar-refractivity contribution in [2.45, 2.75) is 86.5 Å². The zero-order chi connectivity index (χ0) is 27.1. The Balaban J connectivity index is 4.11. The molecule has 0 bridgehead atoms. The molecule has 10 heteroatoms. The van der Waals surface area contributed by atoms with Crippen molar-refractivity contribution in [1.82, 2.24) is 20.8 Å². The fraction of sp³-hybridized carbons (Fsp3) is 0.840. The molecule has 0 atom stereocenters. The monoisotopic (exact) mass is 532 g/mol. The lowest BCUT2D eigenvalue weighted by atomic mass is 9.85. The Hall–Kier alpha value is -1.04. The van der Waals surface area contributed by atoms with Gasteiger partial charge in [-0.1, -0.05) is 66.0 Å². The lowest BCUT2D eigenvalue weighted by molar-refractivity contribution is -0.120. The van der Waals surface area contributed by atoms with Gasteiger partial charge >= 0.3 is 0 Å². The number of thiocarbonyl (C=S) groups is 2. The van der Waals surface area contributed by atoms with Crippen LogP contribution in [0.2, 0.25) is 0 Å². The van der Waals surface area contributed by atoms with Crippen LogP contribution in [0.15, 0.2) is 0 Å². The van der Waals surface area contributed by atoms with Crippen molar-refractivity contribution in [1.29, 1.82) is 0 Å². The van der Waals surface area contributed by atoms with Gasteiger partial charge in [0.2, 0.25) is 0 Å². The van der Waals surface area contributed by atoms with E-state index in [9.17, 15) is 20.0 Å². The third kappa shape index (κ3) is 18.8. The number of carbonyl (C=O) groups is 2. The molecule has 0 aromatic rings. The van der Waals surface area contributed by atoms with Crippen molar-refractivity contribution in [3.63, 3.8) is 0 Å². The topological polar surface area (TPSA) is 105 Å². The Morgan fingerprint density at radius 3 is 1.37 bits per heavy atom. The van der Waals surface area contributed by atoms with Crippen LogP contribution in [0, 0.1) is 10.8 Å². The minimum absolute atomic E-state index is 0.101. The second-order valence-electron chi connectivity index (χ2n) is 10.8. The van der Waals surface area contributed by atoms with Gasteiger partial charge in [-0.2, -0.15) is 10.1 Å². The molecule has 4 N–H and O–H groups in total. The van der Waals surface area contributed by atoms with Gasteiger partial charge in [0.05, 0.1) is 23.1 Å². The van der Waals surface area contributed by atoms with E-state index in [1.807, 2.05) is 13.8 Å². The maximum atomic E-state index is 12.3. The Morgan fingerprint density at radius 1 is 0.714 bits per heavy atom. The largest absolute Gasteiger partial charge is 0.378 e. The molecule has 0 aliphatic heterocycles. The summed E-state index contributed by atoms with van der Waals surface area (Å²) < 4.78 is 0. The molecule has 0 rings (SSSR count). The summed E-state index contributed by atoms with van der Waals surface area (Å²) in [5, 5.41) is 27.7. The minimum atomic E-state index is -0.101. The van der Waals surface area contributed by atoms with Crippen molar-refractivity contribution in [2.24, 2.45) is 10.8 Å². The van der Waals surface area contributed by atoms with Crippen LogP contribution in [-0.4, -0.2) is 81.4 Å². The van der Waals surface area contributed by atoms with E-state index in [4.69, 9.17) is 24.4 Å². The maximum absolute atomic E-state index is 12.3. The highest BCUT2D eigenvalue weighted by molar-refractivity contribution is 7.80. The van der Waals surface area contributed by atoms with Crippen LogP contribution in [0.4, 0.5) is 0 Å². The summed E-state index contributed by atoms with van der Waals surface area (Å²) in [5.74, 6) is 0.369. The number of rotatable bonds is 20. The van der Waals surface area contributed by atoms with Crippen molar-refractivity contribution in [3.05, 3.63) is 0 Å². The van der Waals surface area contributed by atoms with Crippen LogP contribution in [0.5, 0.6) is 0 Å². The molecule has 0 amide bonds. The van der Waals surface area contributed by atoms with Gasteiger partial charge in [-0.05, 0) is 30.1 Å². The highest BCUT2D eigenvalue weighted by atomic mass is 32.1. The van der Waals surface area contributed by atoms with E-state index in [2.05, 4.69) is 38.3 Å². The van der Waals surface area contributed by atoms with E-state index in [0.717, 1.165) is 23.0 Å². The van der Waals surface area contributed by atoms with E-state index in [1.165, 1.54) is 0 Å². The number of hydroxylamine groups is 4. The molecule has 0 aromatic heterocycles. The molecule has 35 heavy (non-hydrogen) atoms. The summed E-state index contributed by atoms with van der Waals surface area (Å²) in [6.07, 6.45) is 3.89. The second-order valence-corrected chi connectivity index (χ2v) is 11.8. The van der Waals surface area contributed by atoms with E-state index in [1.54, 1.807) is 0 Å². The van der Waals surface area contributed by atoms with Gasteiger partial charge < -0.3 is 21.0 Å². The summed E-state index contributed by atoms with van der Waals surface area (Å²) in [6.45, 7) is 14.9. The van der Waals surface area contributed by atoms with Crippen LogP contribution < -0.4 is 10.6 Å². The molecule has 204 valence electrons. The predicted molar refractivity (Wildman–Crippen MR) is 149 cm³/mol. The van der Waals surface area contributed by atoms with Crippen LogP contribution in [-0.2, 0) is 9.59 Å². The summed E-state index contributed by atoms with van der Waals surface area (Å²) in [5.41, 5.74) is -0.202. The highest BCUT2D eigenvalue weighted by Gasteiger charge is 2.21. The van der Waals surface area contributed by atoms with Gasteiger partial charge in [0.1, 0.15) is 11.6 Å². The van der Waals surface area contributed by atoms with Crippen LogP contribution in [0.25, 0.3) is 0 Å². The number of hydrogen-bond donors (Lipinski definition) is 4. The first-order chi connectivity index (χ1) is 16.2. The van der Waals surface area contributed by atoms with Crippen LogP contribution in [0.1, 0.15) is 86.5 Å². The SMILES string of the molecule is CCN(O)CC(=S)NCC(C)(C)CCC(=O)CCCC(=O)CCC(C)(C)CNC(=S)CN(O)CC. The average molecular weight is 533 g/mol. The fourth-order valence-electron chi connectivity index (χ4n) is 3.21. The molecule has 0 heterocycles. The quantitative estimate of drug-likeness (QED) is 0.135. The number of likely N-dealkylation sites (N-methyl/N-ethyl adjacent to an activating group) is 2. The molecular weight excluding hydrogens is 484 g/mol. The van der Waals surface area contributed by atoms with Crippen molar-refractivity contribution < 1.29 is 20.0 Å². The molecule has 0 aromatic carbocycles. The summed E-state index contributed by atoms with van der Waals surface area (Å²) >= 11 is 10.5. The molecule has 0 aliphatic carbocycles. The summed E-state index contributed by atoms with van der Waals surface area (Å²) in [7, 11) is 0. The maximum Gasteiger partial charge on any atom is 0.132 e. The molecule has 0 saturated heterocycles. The van der Waals surface area contributed by atoms with Crippen molar-refractivity contribution in [2.75, 3.05) is 39.3 Å². The van der Waals surface area contributed by atoms with Gasteiger partial charge in [0.25, 0.3) is 0 Å². The van der Waals surface area contributed by atoms with Gasteiger partial charge in [0, 0.05) is 51.9 Å². The third-order valence-electron chi connectivity index (χ3n) is 5.98. The predicted octanol–water partition coefficient (Wildman–Crippen LogP) is 4.16. The van der Waals surface area contributed by atoms with E-state index in [-0.39, 0.29) is 22.4 Å². The molecule has 0 spiro atoms. The van der Waals surface area contributed by atoms with Gasteiger partial charge in [-0.15, -0.1) is 0 Å². The zero-order valence-electron chi connectivity index (χ0n) is 22.6. The van der Waals surface area contributed by atoms with Gasteiger partial charge in [-0.3, -0.25) is 9.59 Å². The summed E-state index contributed by atoms with van der Waals surface area (Å²) in [4.78, 5) is 25.8. The Labute approximate surface area is 223 Å². The Morgan fingerprint density at radius 2 is 1.06 bits per heavy atom. The normalized spacial score (nSPS) is 12.2. The average Bonchev–Trinajstić information content (AvgIpc) is 2.79. The standard InChI is InChI=1S/C25H48N4O4S2/c1-7-28(32)16-22(34)26-18-24(3,4)14-12-20(30)10-9-11-21(31)13-15-25(5,6)19-27-23(35)17-29(33)8-2/h32-33H,7-19H2,1-6H3,(H,26,34)(H,27,35). The first kappa shape index (κ1) is 34.0. The molecule has 0 fully saturated rings. The smallest absolute Gasteiger partial charge is 0.132 e. The number of nitrogens with one attached hydrogen (secondary N) is 2. The molecule has 0 aliphatic rings. The van der Waals surface area contributed by atoms with E-state index in [0.29, 0.717) is 81.3 Å². The Bertz CT molecular complexity index is 630. The zero-order valence-corrected chi connectivity index (χ0v) is 24.2. The number of ketones is 2. The number of Topliss-reactive ketones (excluding diaryl/α,β-unsaturated/α-hetero) is 2. The lowest BCUT2D eigenvalue weighted by Gasteiger charge is -2.26. The van der Waals surface area contributed by atoms with Gasteiger partial charge in [-0.25, -0.2) is 0 Å². The van der Waals surface area contributed by atoms with Crippen molar-refractivity contribution in [3.8, 4) is 0 Å². The van der Waals surface area contributed by atoms with Crippen LogP contribution in [0.3, 0.4) is 0 Å². The number of hydrogen-bond acceptors (Lipinski definition) is 8.